The van der Waals surface area contributed by atoms with Gasteiger partial charge in [0.15, 0.2) is 5.16 Å². The van der Waals surface area contributed by atoms with Gasteiger partial charge in [0, 0.05) is 19.4 Å². The molecule has 0 radical (unpaired) electrons. The Morgan fingerprint density at radius 1 is 1.45 bits per heavy atom. The Hall–Kier alpha value is -2.01. The molecule has 1 aromatic heterocycles. The first-order chi connectivity index (χ1) is 10.4. The third-order valence-electron chi connectivity index (χ3n) is 2.66. The maximum absolute atomic E-state index is 11.6. The summed E-state index contributed by atoms with van der Waals surface area (Å²) in [6.07, 6.45) is 5.76. The smallest absolute Gasteiger partial charge is 0.231 e. The van der Waals surface area contributed by atoms with Crippen LogP contribution >= 0.6 is 11.8 Å². The van der Waals surface area contributed by atoms with E-state index < -0.39 is 0 Å². The molecule has 0 aliphatic rings. The largest absolute Gasteiger partial charge is 0.370 e. The van der Waals surface area contributed by atoms with Gasteiger partial charge < -0.3 is 15.6 Å². The molecule has 120 valence electrons. The normalized spacial score (nSPS) is 10.5. The molecule has 0 unspecified atom stereocenters. The summed E-state index contributed by atoms with van der Waals surface area (Å²) < 4.78 is 1.94. The maximum atomic E-state index is 11.6. The molecule has 0 fully saturated rings. The molecule has 0 saturated heterocycles. The average Bonchev–Trinajstić information content (AvgIpc) is 2.82. The third kappa shape index (κ3) is 6.18. The molecule has 1 heterocycles. The van der Waals surface area contributed by atoms with Gasteiger partial charge in [-0.15, -0.1) is 16.6 Å². The van der Waals surface area contributed by atoms with Gasteiger partial charge in [-0.3, -0.25) is 9.59 Å². The minimum Gasteiger partial charge on any atom is -0.370 e. The summed E-state index contributed by atoms with van der Waals surface area (Å²) in [6, 6.07) is 0. The number of terminal acetylenes is 1. The van der Waals surface area contributed by atoms with Gasteiger partial charge in [0.2, 0.25) is 11.8 Å². The van der Waals surface area contributed by atoms with Crippen LogP contribution in [0.25, 0.3) is 0 Å². The second-order valence-corrected chi connectivity index (χ2v) is 6.08. The van der Waals surface area contributed by atoms with E-state index in [-0.39, 0.29) is 30.5 Å². The van der Waals surface area contributed by atoms with Gasteiger partial charge in [0.25, 0.3) is 0 Å². The lowest BCUT2D eigenvalue weighted by Crippen LogP contribution is -2.25. The van der Waals surface area contributed by atoms with Crippen molar-refractivity contribution in [3.05, 3.63) is 5.82 Å². The number of hydrogen-bond donors (Lipinski definition) is 2. The average molecular weight is 323 g/mol. The van der Waals surface area contributed by atoms with E-state index in [1.54, 1.807) is 0 Å². The summed E-state index contributed by atoms with van der Waals surface area (Å²) in [5.74, 6) is 3.13. The molecule has 7 nitrogen and oxygen atoms in total. The molecule has 0 spiro atoms. The lowest BCUT2D eigenvalue weighted by Gasteiger charge is -2.12. The number of nitrogens with two attached hydrogens (primary N) is 1. The molecule has 0 aromatic carbocycles. The number of carbonyl (C=O) groups excluding carboxylic acids is 2. The van der Waals surface area contributed by atoms with E-state index in [4.69, 9.17) is 12.2 Å². The van der Waals surface area contributed by atoms with Gasteiger partial charge in [-0.1, -0.05) is 31.5 Å². The highest BCUT2D eigenvalue weighted by molar-refractivity contribution is 7.99. The topological polar surface area (TPSA) is 103 Å². The number of aromatic nitrogens is 3. The third-order valence-corrected chi connectivity index (χ3v) is 3.62. The number of carbonyl (C=O) groups is 2. The van der Waals surface area contributed by atoms with Crippen molar-refractivity contribution in [2.24, 2.45) is 11.7 Å². The van der Waals surface area contributed by atoms with Crippen LogP contribution < -0.4 is 11.1 Å². The summed E-state index contributed by atoms with van der Waals surface area (Å²) >= 11 is 1.30. The van der Waals surface area contributed by atoms with E-state index in [1.165, 1.54) is 11.8 Å². The van der Waals surface area contributed by atoms with E-state index in [0.717, 1.165) is 6.54 Å². The Morgan fingerprint density at radius 2 is 2.18 bits per heavy atom. The van der Waals surface area contributed by atoms with Crippen molar-refractivity contribution in [3.63, 3.8) is 0 Å². The first-order valence-corrected chi connectivity index (χ1v) is 7.96. The van der Waals surface area contributed by atoms with Crippen molar-refractivity contribution >= 4 is 23.6 Å². The molecule has 0 aliphatic heterocycles. The van der Waals surface area contributed by atoms with E-state index in [2.05, 4.69) is 35.3 Å². The molecule has 1 rings (SSSR count). The maximum Gasteiger partial charge on any atom is 0.231 e. The number of aryl methyl sites for hydroxylation is 1. The van der Waals surface area contributed by atoms with Crippen molar-refractivity contribution in [2.75, 3.05) is 12.3 Å². The highest BCUT2D eigenvalue weighted by atomic mass is 32.2. The van der Waals surface area contributed by atoms with Crippen LogP contribution in [-0.2, 0) is 22.6 Å². The van der Waals surface area contributed by atoms with Gasteiger partial charge in [0.05, 0.1) is 12.3 Å². The van der Waals surface area contributed by atoms with Crippen molar-refractivity contribution in [1.29, 1.82) is 0 Å². The second-order valence-electron chi connectivity index (χ2n) is 5.14. The molecule has 0 saturated carbocycles. The Kier molecular flexibility index (Phi) is 7.46. The summed E-state index contributed by atoms with van der Waals surface area (Å²) in [5, 5.41) is 11.5. The van der Waals surface area contributed by atoms with Gasteiger partial charge >= 0.3 is 0 Å². The van der Waals surface area contributed by atoms with Crippen LogP contribution in [0.15, 0.2) is 5.16 Å². The number of primary amides is 1. The fraction of sp³-hybridized carbons (Fsp3) is 0.571. The summed E-state index contributed by atoms with van der Waals surface area (Å²) in [4.78, 5) is 22.5. The molecule has 0 bridgehead atoms. The number of nitrogens with one attached hydrogen (secondary N) is 1. The summed E-state index contributed by atoms with van der Waals surface area (Å²) in [5.41, 5.74) is 5.17. The van der Waals surface area contributed by atoms with Crippen molar-refractivity contribution in [3.8, 4) is 12.3 Å². The monoisotopic (exact) mass is 323 g/mol. The van der Waals surface area contributed by atoms with Crippen molar-refractivity contribution < 1.29 is 9.59 Å². The van der Waals surface area contributed by atoms with Crippen molar-refractivity contribution in [2.45, 2.75) is 38.4 Å². The molecule has 1 aromatic rings. The molecule has 3 N–H and O–H groups in total. The Morgan fingerprint density at radius 3 is 2.77 bits per heavy atom. The molecular formula is C14H21N5O2S. The van der Waals surface area contributed by atoms with Crippen LogP contribution in [-0.4, -0.2) is 38.9 Å². The first-order valence-electron chi connectivity index (χ1n) is 6.97. The Labute approximate surface area is 134 Å². The number of thioether (sulfide) groups is 1. The fourth-order valence-corrected chi connectivity index (χ4v) is 2.52. The quantitative estimate of drug-likeness (QED) is 0.499. The standard InChI is InChI=1S/C14H21N5O2S/c1-4-7-16-13(21)9-22-14-18-17-12(6-5-11(15)20)19(14)8-10(2)3/h1,10H,5-9H2,2-3H3,(H2,15,20)(H,16,21). The van der Waals surface area contributed by atoms with Gasteiger partial charge in [-0.05, 0) is 5.92 Å². The summed E-state index contributed by atoms with van der Waals surface area (Å²) in [6.45, 7) is 5.08. The van der Waals surface area contributed by atoms with Gasteiger partial charge in [-0.2, -0.15) is 0 Å². The molecule has 0 atom stereocenters. The lowest BCUT2D eigenvalue weighted by molar-refractivity contribution is -0.119. The zero-order valence-electron chi connectivity index (χ0n) is 12.8. The minimum atomic E-state index is -0.373. The number of nitrogens with zero attached hydrogens (tertiary/aromatic N) is 3. The first kappa shape index (κ1) is 18.0. The highest BCUT2D eigenvalue weighted by Gasteiger charge is 2.15. The lowest BCUT2D eigenvalue weighted by atomic mass is 10.2. The van der Waals surface area contributed by atoms with Crippen LogP contribution in [0.2, 0.25) is 0 Å². The number of rotatable bonds is 9. The Bertz CT molecular complexity index is 562. The van der Waals surface area contributed by atoms with Gasteiger partial charge in [0.1, 0.15) is 5.82 Å². The van der Waals surface area contributed by atoms with Crippen LogP contribution in [0.1, 0.15) is 26.1 Å². The molecule has 8 heteroatoms. The number of hydrogen-bond acceptors (Lipinski definition) is 5. The van der Waals surface area contributed by atoms with Crippen LogP contribution in [0.5, 0.6) is 0 Å². The van der Waals surface area contributed by atoms with E-state index in [9.17, 15) is 9.59 Å². The van der Waals surface area contributed by atoms with Crippen LogP contribution in [0.4, 0.5) is 0 Å². The van der Waals surface area contributed by atoms with Crippen molar-refractivity contribution in [1.82, 2.24) is 20.1 Å². The van der Waals surface area contributed by atoms with E-state index in [1.807, 2.05) is 4.57 Å². The highest BCUT2D eigenvalue weighted by Crippen LogP contribution is 2.19. The van der Waals surface area contributed by atoms with Crippen LogP contribution in [0, 0.1) is 18.3 Å². The van der Waals surface area contributed by atoms with E-state index in [0.29, 0.717) is 23.3 Å². The predicted molar refractivity (Wildman–Crippen MR) is 84.9 cm³/mol. The zero-order chi connectivity index (χ0) is 16.5. The van der Waals surface area contributed by atoms with E-state index >= 15 is 0 Å². The second kappa shape index (κ2) is 9.10. The Balaban J connectivity index is 2.74. The molecule has 0 aliphatic carbocycles. The zero-order valence-corrected chi connectivity index (χ0v) is 13.7. The minimum absolute atomic E-state index is 0.152. The number of amides is 2. The van der Waals surface area contributed by atoms with Crippen LogP contribution in [0.3, 0.4) is 0 Å². The van der Waals surface area contributed by atoms with Gasteiger partial charge in [-0.25, -0.2) is 0 Å². The molecular weight excluding hydrogens is 302 g/mol. The SMILES string of the molecule is C#CCNC(=O)CSc1nnc(CCC(N)=O)n1CC(C)C. The molecule has 22 heavy (non-hydrogen) atoms. The predicted octanol–water partition coefficient (Wildman–Crippen LogP) is 0.193. The molecule has 2 amide bonds. The summed E-state index contributed by atoms with van der Waals surface area (Å²) in [7, 11) is 0. The fourth-order valence-electron chi connectivity index (χ4n) is 1.72.